The Bertz CT molecular complexity index is 950. The van der Waals surface area contributed by atoms with Crippen LogP contribution in [0.1, 0.15) is 67.2 Å². The van der Waals surface area contributed by atoms with E-state index in [1.165, 1.54) is 12.8 Å². The number of amides is 2. The topological polar surface area (TPSA) is 79.5 Å². The highest BCUT2D eigenvalue weighted by atomic mass is 79.9. The van der Waals surface area contributed by atoms with Crippen molar-refractivity contribution in [2.75, 3.05) is 11.9 Å². The first-order valence-electron chi connectivity index (χ1n) is 10.8. The van der Waals surface area contributed by atoms with Crippen molar-refractivity contribution in [3.63, 3.8) is 0 Å². The minimum atomic E-state index is -0.341. The van der Waals surface area contributed by atoms with Gasteiger partial charge in [0.25, 0.3) is 11.8 Å². The van der Waals surface area contributed by atoms with Gasteiger partial charge in [-0.25, -0.2) is 0 Å². The Morgan fingerprint density at radius 3 is 2.47 bits per heavy atom. The predicted molar refractivity (Wildman–Crippen MR) is 137 cm³/mol. The molecule has 2 amide bonds. The average molecular weight is 520 g/mol. The van der Waals surface area contributed by atoms with Crippen molar-refractivity contribution in [2.24, 2.45) is 0 Å². The maximum Gasteiger partial charge on any atom is 0.257 e. The largest absolute Gasteiger partial charge is 0.492 e. The van der Waals surface area contributed by atoms with Gasteiger partial charge in [0.2, 0.25) is 0 Å². The highest BCUT2D eigenvalue weighted by Crippen LogP contribution is 2.26. The zero-order chi connectivity index (χ0) is 23.5. The van der Waals surface area contributed by atoms with Gasteiger partial charge in [-0.05, 0) is 84.8 Å². The van der Waals surface area contributed by atoms with Gasteiger partial charge >= 0.3 is 0 Å². The van der Waals surface area contributed by atoms with Crippen LogP contribution in [0.4, 0.5) is 5.69 Å². The summed E-state index contributed by atoms with van der Waals surface area (Å²) in [6, 6.07) is 12.1. The quantitative estimate of drug-likeness (QED) is 0.278. The molecule has 32 heavy (non-hydrogen) atoms. The van der Waals surface area contributed by atoms with E-state index in [1.54, 1.807) is 42.5 Å². The lowest BCUT2D eigenvalue weighted by Gasteiger charge is -2.13. The molecule has 8 heteroatoms. The third-order valence-electron chi connectivity index (χ3n) is 4.48. The highest BCUT2D eigenvalue weighted by Gasteiger charge is 2.12. The van der Waals surface area contributed by atoms with Gasteiger partial charge in [-0.15, -0.1) is 0 Å². The van der Waals surface area contributed by atoms with E-state index < -0.39 is 0 Å². The molecule has 0 saturated heterocycles. The Morgan fingerprint density at radius 1 is 1.03 bits per heavy atom. The van der Waals surface area contributed by atoms with Crippen LogP contribution in [0.5, 0.6) is 5.75 Å². The molecule has 0 radical (unpaired) electrons. The third kappa shape index (κ3) is 8.59. The summed E-state index contributed by atoms with van der Waals surface area (Å²) in [7, 11) is 0. The van der Waals surface area contributed by atoms with Crippen molar-refractivity contribution in [1.82, 2.24) is 10.6 Å². The summed E-state index contributed by atoms with van der Waals surface area (Å²) in [5.74, 6) is 0.192. The van der Waals surface area contributed by atoms with E-state index in [4.69, 9.17) is 17.0 Å². The molecule has 2 aromatic rings. The van der Waals surface area contributed by atoms with E-state index in [0.717, 1.165) is 12.8 Å². The van der Waals surface area contributed by atoms with Gasteiger partial charge in [-0.1, -0.05) is 32.3 Å². The van der Waals surface area contributed by atoms with Gasteiger partial charge in [0.05, 0.1) is 11.1 Å². The SMILES string of the molecule is CCCCCCOc1ccc(C(=O)NC(=S)Nc2cccc(C(=O)NC(C)C)c2)cc1Br. The summed E-state index contributed by atoms with van der Waals surface area (Å²) in [5.41, 5.74) is 1.57. The molecule has 6 nitrogen and oxygen atoms in total. The summed E-state index contributed by atoms with van der Waals surface area (Å²) in [4.78, 5) is 24.7. The molecule has 2 aromatic carbocycles. The van der Waals surface area contributed by atoms with Gasteiger partial charge in [-0.3, -0.25) is 14.9 Å². The van der Waals surface area contributed by atoms with Gasteiger partial charge in [-0.2, -0.15) is 0 Å². The summed E-state index contributed by atoms with van der Waals surface area (Å²) < 4.78 is 6.49. The van der Waals surface area contributed by atoms with Gasteiger partial charge < -0.3 is 15.4 Å². The molecule has 3 N–H and O–H groups in total. The molecule has 0 unspecified atom stereocenters. The number of ether oxygens (including phenoxy) is 1. The molecule has 0 atom stereocenters. The minimum Gasteiger partial charge on any atom is -0.492 e. The Balaban J connectivity index is 1.91. The maximum absolute atomic E-state index is 12.6. The van der Waals surface area contributed by atoms with E-state index in [2.05, 4.69) is 38.8 Å². The van der Waals surface area contributed by atoms with E-state index in [0.29, 0.717) is 33.6 Å². The molecule has 0 aliphatic carbocycles. The van der Waals surface area contributed by atoms with Crippen molar-refractivity contribution in [3.8, 4) is 5.75 Å². The van der Waals surface area contributed by atoms with Crippen LogP contribution in [0.3, 0.4) is 0 Å². The molecule has 0 aliphatic heterocycles. The van der Waals surface area contributed by atoms with Gasteiger partial charge in [0.1, 0.15) is 5.75 Å². The number of hydrogen-bond acceptors (Lipinski definition) is 4. The van der Waals surface area contributed by atoms with Gasteiger partial charge in [0, 0.05) is 22.9 Å². The van der Waals surface area contributed by atoms with E-state index >= 15 is 0 Å². The first-order chi connectivity index (χ1) is 15.3. The number of carbonyl (C=O) groups is 2. The smallest absolute Gasteiger partial charge is 0.257 e. The number of carbonyl (C=O) groups excluding carboxylic acids is 2. The highest BCUT2D eigenvalue weighted by molar-refractivity contribution is 9.10. The van der Waals surface area contributed by atoms with Crippen molar-refractivity contribution in [2.45, 2.75) is 52.5 Å². The van der Waals surface area contributed by atoms with E-state index in [9.17, 15) is 9.59 Å². The number of hydrogen-bond donors (Lipinski definition) is 3. The monoisotopic (exact) mass is 519 g/mol. The normalized spacial score (nSPS) is 10.5. The first-order valence-corrected chi connectivity index (χ1v) is 12.0. The fraction of sp³-hybridized carbons (Fsp3) is 0.375. The Labute approximate surface area is 203 Å². The predicted octanol–water partition coefficient (Wildman–Crippen LogP) is 5.67. The van der Waals surface area contributed by atoms with Crippen molar-refractivity contribution < 1.29 is 14.3 Å². The molecule has 0 bridgehead atoms. The zero-order valence-corrected chi connectivity index (χ0v) is 21.1. The molecule has 2 rings (SSSR count). The molecule has 0 heterocycles. The van der Waals surface area contributed by atoms with Crippen LogP contribution >= 0.6 is 28.1 Å². The molecular formula is C24H30BrN3O3S. The molecule has 0 fully saturated rings. The average Bonchev–Trinajstić information content (AvgIpc) is 2.74. The van der Waals surface area contributed by atoms with Gasteiger partial charge in [0.15, 0.2) is 5.11 Å². The van der Waals surface area contributed by atoms with Crippen LogP contribution in [0.2, 0.25) is 0 Å². The number of nitrogens with one attached hydrogen (secondary N) is 3. The second-order valence-electron chi connectivity index (χ2n) is 7.67. The van der Waals surface area contributed by atoms with E-state index in [-0.39, 0.29) is 23.0 Å². The summed E-state index contributed by atoms with van der Waals surface area (Å²) in [5, 5.41) is 8.59. The van der Waals surface area contributed by atoms with Crippen LogP contribution in [-0.2, 0) is 0 Å². The second kappa shape index (κ2) is 13.2. The Kier molecular flexibility index (Phi) is 10.6. The number of halogens is 1. The Hall–Kier alpha value is -2.45. The lowest BCUT2D eigenvalue weighted by Crippen LogP contribution is -2.34. The lowest BCUT2D eigenvalue weighted by molar-refractivity contribution is 0.0941. The first kappa shape index (κ1) is 25.8. The summed E-state index contributed by atoms with van der Waals surface area (Å²) in [6.07, 6.45) is 4.53. The second-order valence-corrected chi connectivity index (χ2v) is 8.93. The number of anilines is 1. The van der Waals surface area contributed by atoms with Crippen molar-refractivity contribution in [1.29, 1.82) is 0 Å². The number of unbranched alkanes of at least 4 members (excludes halogenated alkanes) is 3. The van der Waals surface area contributed by atoms with Crippen molar-refractivity contribution in [3.05, 3.63) is 58.1 Å². The van der Waals surface area contributed by atoms with Crippen LogP contribution in [0.15, 0.2) is 46.9 Å². The molecule has 0 aliphatic rings. The molecule has 0 saturated carbocycles. The summed E-state index contributed by atoms with van der Waals surface area (Å²) >= 11 is 8.73. The fourth-order valence-electron chi connectivity index (χ4n) is 2.89. The number of benzene rings is 2. The van der Waals surface area contributed by atoms with Crippen LogP contribution in [0, 0.1) is 0 Å². The third-order valence-corrected chi connectivity index (χ3v) is 5.30. The van der Waals surface area contributed by atoms with Crippen molar-refractivity contribution >= 4 is 50.8 Å². The van der Waals surface area contributed by atoms with Crippen LogP contribution < -0.4 is 20.7 Å². The zero-order valence-electron chi connectivity index (χ0n) is 18.7. The van der Waals surface area contributed by atoms with E-state index in [1.807, 2.05) is 13.8 Å². The van der Waals surface area contributed by atoms with Crippen LogP contribution in [0.25, 0.3) is 0 Å². The van der Waals surface area contributed by atoms with Crippen LogP contribution in [-0.4, -0.2) is 29.6 Å². The number of thiocarbonyl (C=S) groups is 1. The minimum absolute atomic E-state index is 0.0386. The maximum atomic E-state index is 12.6. The molecular weight excluding hydrogens is 490 g/mol. The summed E-state index contributed by atoms with van der Waals surface area (Å²) in [6.45, 7) is 6.61. The lowest BCUT2D eigenvalue weighted by atomic mass is 10.2. The number of rotatable bonds is 10. The standard InChI is InChI=1S/C24H30BrN3O3S/c1-4-5-6-7-13-31-21-12-11-18(15-20(21)25)23(30)28-24(32)27-19-10-8-9-17(14-19)22(29)26-16(2)3/h8-12,14-16H,4-7,13H2,1-3H3,(H,26,29)(H2,27,28,30,32). The molecule has 172 valence electrons. The molecule has 0 aromatic heterocycles. The fourth-order valence-corrected chi connectivity index (χ4v) is 3.60. The Morgan fingerprint density at radius 2 is 1.78 bits per heavy atom. The molecule has 0 spiro atoms.